The van der Waals surface area contributed by atoms with Gasteiger partial charge in [0.1, 0.15) is 5.60 Å². The van der Waals surface area contributed by atoms with Crippen LogP contribution in [0.4, 0.5) is 0 Å². The summed E-state index contributed by atoms with van der Waals surface area (Å²) in [5.74, 6) is 6.37. The number of nitrogens with two attached hydrogens (primary N) is 1. The lowest BCUT2D eigenvalue weighted by molar-refractivity contribution is -0.138. The maximum atomic E-state index is 12.0. The van der Waals surface area contributed by atoms with E-state index in [1.54, 1.807) is 35.0 Å². The highest BCUT2D eigenvalue weighted by atomic mass is 16.3. The first-order valence-corrected chi connectivity index (χ1v) is 10.5. The number of aromatic nitrogens is 3. The van der Waals surface area contributed by atoms with Gasteiger partial charge in [0.2, 0.25) is 5.91 Å². The number of carbonyl (C=O) groups is 2. The van der Waals surface area contributed by atoms with Gasteiger partial charge in [-0.1, -0.05) is 18.8 Å². The second kappa shape index (κ2) is 6.66. The van der Waals surface area contributed by atoms with E-state index in [4.69, 9.17) is 5.73 Å². The monoisotopic (exact) mass is 419 g/mol. The largest absolute Gasteiger partial charge is 0.377 e. The van der Waals surface area contributed by atoms with Gasteiger partial charge >= 0.3 is 0 Å². The first-order chi connectivity index (χ1) is 14.7. The van der Waals surface area contributed by atoms with Crippen LogP contribution in [-0.4, -0.2) is 55.8 Å². The normalized spacial score (nSPS) is 28.9. The molecular weight excluding hydrogens is 394 g/mol. The Morgan fingerprint density at radius 2 is 2.19 bits per heavy atom. The van der Waals surface area contributed by atoms with Crippen molar-refractivity contribution in [1.82, 2.24) is 19.7 Å². The molecule has 3 heterocycles. The summed E-state index contributed by atoms with van der Waals surface area (Å²) in [6.07, 6.45) is 4.83. The standard InChI is InChI=1S/C23H25N5O3/c1-22-11-15(22)10-16-17(12-22)28(26-20(16)21(24)30)18-9-14(4-7-25-18)3-5-23(31)6-8-27(2)19(29)13-23/h4,7,9,15,31H,6,8,10-13H2,1-2H3,(H2,24,30). The molecule has 3 atom stereocenters. The quantitative estimate of drug-likeness (QED) is 0.700. The molecule has 2 aliphatic carbocycles. The van der Waals surface area contributed by atoms with Crippen molar-refractivity contribution >= 4 is 11.8 Å². The topological polar surface area (TPSA) is 114 Å². The minimum atomic E-state index is -1.33. The fourth-order valence-corrected chi connectivity index (χ4v) is 4.79. The summed E-state index contributed by atoms with van der Waals surface area (Å²) in [5, 5.41) is 15.2. The number of hydrogen-bond donors (Lipinski definition) is 2. The summed E-state index contributed by atoms with van der Waals surface area (Å²) in [5.41, 5.74) is 7.42. The van der Waals surface area contributed by atoms with Crippen LogP contribution >= 0.6 is 0 Å². The van der Waals surface area contributed by atoms with Crippen LogP contribution in [0.25, 0.3) is 5.82 Å². The molecule has 2 fully saturated rings. The van der Waals surface area contributed by atoms with E-state index < -0.39 is 11.5 Å². The number of amides is 2. The van der Waals surface area contributed by atoms with Crippen LogP contribution in [0.3, 0.4) is 0 Å². The van der Waals surface area contributed by atoms with Crippen LogP contribution in [0, 0.1) is 23.2 Å². The molecule has 2 aromatic rings. The lowest BCUT2D eigenvalue weighted by Gasteiger charge is -2.32. The number of likely N-dealkylation sites (tertiary alicyclic amines) is 1. The first-order valence-electron chi connectivity index (χ1n) is 10.5. The molecule has 5 rings (SSSR count). The summed E-state index contributed by atoms with van der Waals surface area (Å²) in [7, 11) is 1.72. The summed E-state index contributed by atoms with van der Waals surface area (Å²) >= 11 is 0. The number of hydrogen-bond acceptors (Lipinski definition) is 5. The van der Waals surface area contributed by atoms with Gasteiger partial charge in [0.05, 0.1) is 12.1 Å². The van der Waals surface area contributed by atoms with Gasteiger partial charge in [-0.25, -0.2) is 9.67 Å². The number of fused-ring (bicyclic) bond motifs is 2. The Hall–Kier alpha value is -3.18. The van der Waals surface area contributed by atoms with Gasteiger partial charge in [0.15, 0.2) is 11.5 Å². The SMILES string of the molecule is CN1CCC(O)(C#Cc2ccnc(-n3nc(C(N)=O)c4c3CC3(C)CC3C4)c2)CC1=O. The molecule has 0 bridgehead atoms. The highest BCUT2D eigenvalue weighted by molar-refractivity contribution is 5.92. The Bertz CT molecular complexity index is 1180. The van der Waals surface area contributed by atoms with E-state index in [-0.39, 0.29) is 17.7 Å². The fraction of sp³-hybridized carbons (Fsp3) is 0.478. The number of nitrogens with zero attached hydrogens (tertiary/aromatic N) is 4. The third kappa shape index (κ3) is 3.39. The average Bonchev–Trinajstić information content (AvgIpc) is 3.26. The Morgan fingerprint density at radius 3 is 2.94 bits per heavy atom. The maximum absolute atomic E-state index is 12.0. The Kier molecular flexibility index (Phi) is 4.25. The number of primary amides is 1. The Labute approximate surface area is 180 Å². The number of piperidine rings is 1. The predicted octanol–water partition coefficient (Wildman–Crippen LogP) is 0.826. The molecule has 1 aliphatic heterocycles. The predicted molar refractivity (Wildman–Crippen MR) is 112 cm³/mol. The first kappa shape index (κ1) is 19.8. The number of carbonyl (C=O) groups excluding carboxylic acids is 2. The van der Waals surface area contributed by atoms with Gasteiger partial charge < -0.3 is 15.7 Å². The summed E-state index contributed by atoms with van der Waals surface area (Å²) in [6.45, 7) is 2.74. The molecule has 3 unspecified atom stereocenters. The van der Waals surface area contributed by atoms with E-state index in [1.165, 1.54) is 0 Å². The zero-order valence-corrected chi connectivity index (χ0v) is 17.7. The molecule has 2 amide bonds. The molecule has 8 nitrogen and oxygen atoms in total. The van der Waals surface area contributed by atoms with Crippen molar-refractivity contribution in [3.8, 4) is 17.7 Å². The van der Waals surface area contributed by atoms with Crippen LogP contribution in [0.5, 0.6) is 0 Å². The number of aliphatic hydroxyl groups is 1. The summed E-state index contributed by atoms with van der Waals surface area (Å²) in [6, 6.07) is 3.53. The molecule has 1 saturated carbocycles. The molecule has 0 aromatic carbocycles. The molecule has 31 heavy (non-hydrogen) atoms. The molecular formula is C23H25N5O3. The van der Waals surface area contributed by atoms with Crippen LogP contribution in [0.1, 0.15) is 53.5 Å². The van der Waals surface area contributed by atoms with E-state index >= 15 is 0 Å². The van der Waals surface area contributed by atoms with Gasteiger partial charge in [-0.05, 0) is 42.7 Å². The zero-order chi connectivity index (χ0) is 22.0. The maximum Gasteiger partial charge on any atom is 0.269 e. The minimum absolute atomic E-state index is 0.0111. The van der Waals surface area contributed by atoms with Gasteiger partial charge in [0, 0.05) is 37.3 Å². The number of pyridine rings is 1. The van der Waals surface area contributed by atoms with Gasteiger partial charge in [0.25, 0.3) is 5.91 Å². The second-order valence-electron chi connectivity index (χ2n) is 9.41. The van der Waals surface area contributed by atoms with Crippen molar-refractivity contribution in [2.75, 3.05) is 13.6 Å². The van der Waals surface area contributed by atoms with Gasteiger partial charge in [-0.3, -0.25) is 9.59 Å². The Balaban J connectivity index is 1.49. The van der Waals surface area contributed by atoms with Crippen LogP contribution in [0.2, 0.25) is 0 Å². The fourth-order valence-electron chi connectivity index (χ4n) is 4.79. The van der Waals surface area contributed by atoms with Crippen molar-refractivity contribution in [2.45, 2.75) is 44.6 Å². The second-order valence-corrected chi connectivity index (χ2v) is 9.41. The van der Waals surface area contributed by atoms with Gasteiger partial charge in [-0.2, -0.15) is 5.10 Å². The highest BCUT2D eigenvalue weighted by Gasteiger charge is 2.54. The third-order valence-corrected chi connectivity index (χ3v) is 7.02. The zero-order valence-electron chi connectivity index (χ0n) is 17.7. The van der Waals surface area contributed by atoms with E-state index in [9.17, 15) is 14.7 Å². The van der Waals surface area contributed by atoms with Crippen LogP contribution in [-0.2, 0) is 17.6 Å². The van der Waals surface area contributed by atoms with E-state index in [2.05, 4.69) is 28.8 Å². The van der Waals surface area contributed by atoms with E-state index in [0.717, 1.165) is 30.5 Å². The van der Waals surface area contributed by atoms with Crippen molar-refractivity contribution in [3.63, 3.8) is 0 Å². The molecule has 1 saturated heterocycles. The van der Waals surface area contributed by atoms with Crippen molar-refractivity contribution in [2.24, 2.45) is 17.1 Å². The lowest BCUT2D eigenvalue weighted by Crippen LogP contribution is -2.45. The van der Waals surface area contributed by atoms with Crippen molar-refractivity contribution in [3.05, 3.63) is 40.8 Å². The Morgan fingerprint density at radius 1 is 1.39 bits per heavy atom. The summed E-state index contributed by atoms with van der Waals surface area (Å²) in [4.78, 5) is 30.0. The highest BCUT2D eigenvalue weighted by Crippen LogP contribution is 2.59. The third-order valence-electron chi connectivity index (χ3n) is 7.02. The molecule has 8 heteroatoms. The lowest BCUT2D eigenvalue weighted by atomic mass is 9.87. The molecule has 0 spiro atoms. The minimum Gasteiger partial charge on any atom is -0.377 e. The number of rotatable bonds is 2. The van der Waals surface area contributed by atoms with Crippen molar-refractivity contribution in [1.29, 1.82) is 0 Å². The smallest absolute Gasteiger partial charge is 0.269 e. The summed E-state index contributed by atoms with van der Waals surface area (Å²) < 4.78 is 1.72. The van der Waals surface area contributed by atoms with Crippen LogP contribution < -0.4 is 5.73 Å². The van der Waals surface area contributed by atoms with E-state index in [0.29, 0.717) is 36.0 Å². The molecule has 2 aromatic heterocycles. The molecule has 3 aliphatic rings. The average molecular weight is 419 g/mol. The van der Waals surface area contributed by atoms with Crippen LogP contribution in [0.15, 0.2) is 18.3 Å². The molecule has 0 radical (unpaired) electrons. The molecule has 3 N–H and O–H groups in total. The van der Waals surface area contributed by atoms with Crippen molar-refractivity contribution < 1.29 is 14.7 Å². The van der Waals surface area contributed by atoms with E-state index in [1.807, 2.05) is 0 Å². The molecule has 160 valence electrons. The van der Waals surface area contributed by atoms with Gasteiger partial charge in [-0.15, -0.1) is 0 Å².